The van der Waals surface area contributed by atoms with Crippen molar-refractivity contribution in [3.8, 4) is 11.5 Å². The summed E-state index contributed by atoms with van der Waals surface area (Å²) in [5, 5.41) is 24.2. The van der Waals surface area contributed by atoms with Crippen molar-refractivity contribution in [3.63, 3.8) is 0 Å². The molecule has 3 aromatic carbocycles. The summed E-state index contributed by atoms with van der Waals surface area (Å²) in [4.78, 5) is 40.8. The summed E-state index contributed by atoms with van der Waals surface area (Å²) in [6.45, 7) is 5.58. The largest absolute Gasteiger partial charge is 0.508 e. The maximum Gasteiger partial charge on any atom is 0.326 e. The number of rotatable bonds is 16. The summed E-state index contributed by atoms with van der Waals surface area (Å²) >= 11 is 1.34. The lowest BCUT2D eigenvalue weighted by atomic mass is 9.88. The number of aliphatic carboxylic acids is 1. The highest BCUT2D eigenvalue weighted by Crippen LogP contribution is 2.44. The van der Waals surface area contributed by atoms with Gasteiger partial charge in [0.2, 0.25) is 15.9 Å². The molecule has 0 bridgehead atoms. The number of benzene rings is 3. The number of hydrogen-bond acceptors (Lipinski definition) is 9. The minimum atomic E-state index is -4.06. The SMILES string of the molecule is CCCCC1(CCC)CN(c2ccccc2)c2cc(SC)c(OCC(=O)N[C@@H](C(=O)N[C@@H](CC)C(=O)O)c3ccc(O)cc3)cc2S(=O)(=O)N1. The minimum Gasteiger partial charge on any atom is -0.508 e. The van der Waals surface area contributed by atoms with E-state index in [1.165, 1.54) is 42.1 Å². The number of thioether (sulfide) groups is 1. The Bertz CT molecular complexity index is 1760. The summed E-state index contributed by atoms with van der Waals surface area (Å²) < 4.78 is 37.4. The third-order valence-corrected chi connectivity index (χ3v) is 11.0. The van der Waals surface area contributed by atoms with Crippen LogP contribution in [0.5, 0.6) is 11.5 Å². The van der Waals surface area contributed by atoms with Gasteiger partial charge in [0.1, 0.15) is 28.5 Å². The average molecular weight is 727 g/mol. The molecule has 1 aliphatic heterocycles. The molecular formula is C36H46N4O8S2. The van der Waals surface area contributed by atoms with Crippen molar-refractivity contribution < 1.29 is 37.8 Å². The number of aromatic hydroxyl groups is 1. The number of ether oxygens (including phenoxy) is 1. The number of fused-ring (bicyclic) bond motifs is 1. The molecule has 1 heterocycles. The summed E-state index contributed by atoms with van der Waals surface area (Å²) in [6, 6.07) is 15.9. The lowest BCUT2D eigenvalue weighted by Gasteiger charge is -2.37. The third kappa shape index (κ3) is 9.29. The number of phenols is 1. The van der Waals surface area contributed by atoms with Crippen LogP contribution < -0.4 is 25.0 Å². The van der Waals surface area contributed by atoms with Crippen molar-refractivity contribution in [2.75, 3.05) is 24.3 Å². The molecule has 14 heteroatoms. The topological polar surface area (TPSA) is 174 Å². The molecule has 12 nitrogen and oxygen atoms in total. The average Bonchev–Trinajstić information content (AvgIpc) is 3.19. The van der Waals surface area contributed by atoms with Crippen LogP contribution in [0.25, 0.3) is 0 Å². The Hall–Kier alpha value is -4.27. The number of para-hydroxylation sites is 1. The van der Waals surface area contributed by atoms with E-state index in [0.717, 1.165) is 24.9 Å². The molecule has 0 fully saturated rings. The number of unbranched alkanes of at least 4 members (excludes halogenated alkanes) is 1. The van der Waals surface area contributed by atoms with E-state index in [0.29, 0.717) is 35.5 Å². The molecule has 0 aromatic heterocycles. The zero-order chi connectivity index (χ0) is 36.5. The van der Waals surface area contributed by atoms with E-state index < -0.39 is 52.0 Å². The number of nitrogens with zero attached hydrogens (tertiary/aromatic N) is 1. The fourth-order valence-electron chi connectivity index (χ4n) is 6.11. The first-order chi connectivity index (χ1) is 23.9. The molecule has 0 aliphatic carbocycles. The van der Waals surface area contributed by atoms with Gasteiger partial charge in [-0.05, 0) is 61.4 Å². The Kier molecular flexibility index (Phi) is 13.2. The van der Waals surface area contributed by atoms with Crippen LogP contribution in [0.2, 0.25) is 0 Å². The molecule has 2 amide bonds. The van der Waals surface area contributed by atoms with Gasteiger partial charge in [-0.2, -0.15) is 0 Å². The van der Waals surface area contributed by atoms with Crippen LogP contribution in [0, 0.1) is 0 Å². The fourth-order valence-corrected chi connectivity index (χ4v) is 8.32. The van der Waals surface area contributed by atoms with Gasteiger partial charge < -0.3 is 30.5 Å². The van der Waals surface area contributed by atoms with E-state index in [1.807, 2.05) is 48.4 Å². The van der Waals surface area contributed by atoms with Crippen LogP contribution in [0.1, 0.15) is 70.9 Å². The highest BCUT2D eigenvalue weighted by Gasteiger charge is 2.42. The van der Waals surface area contributed by atoms with Crippen LogP contribution in [-0.2, 0) is 24.4 Å². The summed E-state index contributed by atoms with van der Waals surface area (Å²) in [7, 11) is -4.06. The van der Waals surface area contributed by atoms with Gasteiger partial charge in [-0.1, -0.05) is 70.4 Å². The molecule has 4 rings (SSSR count). The van der Waals surface area contributed by atoms with Crippen molar-refractivity contribution in [2.45, 2.75) is 86.7 Å². The lowest BCUT2D eigenvalue weighted by molar-refractivity contribution is -0.142. The number of carbonyl (C=O) groups excluding carboxylic acids is 2. The monoisotopic (exact) mass is 726 g/mol. The first kappa shape index (κ1) is 38.5. The van der Waals surface area contributed by atoms with Crippen molar-refractivity contribution in [3.05, 3.63) is 72.3 Å². The van der Waals surface area contributed by atoms with Crippen LogP contribution in [0.3, 0.4) is 0 Å². The van der Waals surface area contributed by atoms with Crippen molar-refractivity contribution in [1.29, 1.82) is 0 Å². The van der Waals surface area contributed by atoms with Gasteiger partial charge in [0.05, 0.1) is 16.1 Å². The molecule has 5 N–H and O–H groups in total. The van der Waals surface area contributed by atoms with Crippen molar-refractivity contribution >= 4 is 50.9 Å². The Morgan fingerprint density at radius 1 is 1.00 bits per heavy atom. The zero-order valence-corrected chi connectivity index (χ0v) is 30.4. The molecule has 0 saturated carbocycles. The number of phenolic OH excluding ortho intramolecular Hbond substituents is 1. The van der Waals surface area contributed by atoms with Gasteiger partial charge in [-0.3, -0.25) is 9.59 Å². The highest BCUT2D eigenvalue weighted by atomic mass is 32.2. The van der Waals surface area contributed by atoms with Gasteiger partial charge in [-0.25, -0.2) is 17.9 Å². The Morgan fingerprint density at radius 2 is 1.70 bits per heavy atom. The number of carboxylic acids is 1. The van der Waals surface area contributed by atoms with Crippen LogP contribution >= 0.6 is 11.8 Å². The van der Waals surface area contributed by atoms with E-state index in [-0.39, 0.29) is 22.8 Å². The molecule has 1 unspecified atom stereocenters. The Morgan fingerprint density at radius 3 is 2.30 bits per heavy atom. The van der Waals surface area contributed by atoms with Crippen molar-refractivity contribution in [1.82, 2.24) is 15.4 Å². The van der Waals surface area contributed by atoms with Crippen LogP contribution in [0.4, 0.5) is 11.4 Å². The van der Waals surface area contributed by atoms with E-state index >= 15 is 0 Å². The van der Waals surface area contributed by atoms with Crippen LogP contribution in [0.15, 0.2) is 76.5 Å². The quantitative estimate of drug-likeness (QED) is 0.119. The second kappa shape index (κ2) is 17.1. The highest BCUT2D eigenvalue weighted by molar-refractivity contribution is 7.98. The third-order valence-electron chi connectivity index (χ3n) is 8.62. The van der Waals surface area contributed by atoms with Gasteiger partial charge in [0.25, 0.3) is 5.91 Å². The molecule has 1 aliphatic rings. The van der Waals surface area contributed by atoms with E-state index in [9.17, 15) is 33.0 Å². The van der Waals surface area contributed by atoms with E-state index in [4.69, 9.17) is 4.74 Å². The minimum absolute atomic E-state index is 0.0182. The van der Waals surface area contributed by atoms with Crippen LogP contribution in [-0.4, -0.2) is 67.4 Å². The Labute approximate surface area is 298 Å². The number of nitrogens with one attached hydrogen (secondary N) is 3. The number of carboxylic acid groups (broad SMARTS) is 1. The Balaban J connectivity index is 1.68. The smallest absolute Gasteiger partial charge is 0.326 e. The maximum atomic E-state index is 14.2. The molecule has 0 saturated heterocycles. The number of anilines is 2. The number of amides is 2. The summed E-state index contributed by atoms with van der Waals surface area (Å²) in [5.74, 6) is -2.58. The molecule has 3 atom stereocenters. The second-order valence-corrected chi connectivity index (χ2v) is 14.8. The zero-order valence-electron chi connectivity index (χ0n) is 28.8. The van der Waals surface area contributed by atoms with E-state index in [2.05, 4.69) is 22.3 Å². The van der Waals surface area contributed by atoms with Gasteiger partial charge in [0, 0.05) is 18.3 Å². The summed E-state index contributed by atoms with van der Waals surface area (Å²) in [5.41, 5.74) is 0.921. The van der Waals surface area contributed by atoms with Gasteiger partial charge in [-0.15, -0.1) is 11.8 Å². The number of sulfonamides is 1. The van der Waals surface area contributed by atoms with Gasteiger partial charge in [0.15, 0.2) is 6.61 Å². The second-order valence-electron chi connectivity index (χ2n) is 12.3. The van der Waals surface area contributed by atoms with Crippen molar-refractivity contribution in [2.24, 2.45) is 0 Å². The molecule has 270 valence electrons. The number of carbonyl (C=O) groups is 3. The predicted octanol–water partition coefficient (Wildman–Crippen LogP) is 5.49. The molecule has 0 spiro atoms. The van der Waals surface area contributed by atoms with Gasteiger partial charge >= 0.3 is 5.97 Å². The normalized spacial score (nSPS) is 17.9. The summed E-state index contributed by atoms with van der Waals surface area (Å²) in [6.07, 6.45) is 5.79. The maximum absolute atomic E-state index is 14.2. The molecule has 50 heavy (non-hydrogen) atoms. The molecule has 3 aromatic rings. The first-order valence-electron chi connectivity index (χ1n) is 16.7. The standard InChI is InChI=1S/C36H46N4O8S2/c1-5-8-19-36(18-6-2)23-40(25-12-10-9-11-13-25)28-20-30(49-4)29(21-31(28)50(46,47)39-36)48-22-32(42)38-33(24-14-16-26(41)17-15-24)34(43)37-27(7-3)35(44)45/h9-17,20-21,27,33,39,41H,5-8,18-19,22-23H2,1-4H3,(H,37,43)(H,38,42)(H,44,45)/t27-,33+,36?/m0/s1. The fraction of sp³-hybridized carbons (Fsp3) is 0.417. The predicted molar refractivity (Wildman–Crippen MR) is 193 cm³/mol. The number of hydrogen-bond donors (Lipinski definition) is 5. The molecular weight excluding hydrogens is 681 g/mol. The lowest BCUT2D eigenvalue weighted by Crippen LogP contribution is -2.53. The first-order valence-corrected chi connectivity index (χ1v) is 19.4. The molecule has 0 radical (unpaired) electrons. The van der Waals surface area contributed by atoms with E-state index in [1.54, 1.807) is 13.0 Å².